The molecular formula is C13H18N4O3. The van der Waals surface area contributed by atoms with Gasteiger partial charge in [0.1, 0.15) is 12.0 Å². The van der Waals surface area contributed by atoms with E-state index in [1.165, 1.54) is 12.5 Å². The van der Waals surface area contributed by atoms with Gasteiger partial charge in [0.2, 0.25) is 0 Å². The highest BCUT2D eigenvalue weighted by Crippen LogP contribution is 2.19. The number of carbonyl (C=O) groups is 1. The lowest BCUT2D eigenvalue weighted by molar-refractivity contribution is -0.385. The average Bonchev–Trinajstić information content (AvgIpc) is 2.42. The van der Waals surface area contributed by atoms with E-state index in [1.54, 1.807) is 6.92 Å². The standard InChI is InChI=1S/C13H18N4O3/c1-9-7-11(17(19)20)8-14-12(9)16-13(18)15-10-5-3-2-4-6-10/h7-8,10H,2-6H2,1H3,(H2,14,15,16,18). The van der Waals surface area contributed by atoms with Crippen molar-refractivity contribution in [3.05, 3.63) is 27.9 Å². The Morgan fingerprint density at radius 3 is 2.70 bits per heavy atom. The van der Waals surface area contributed by atoms with Crippen molar-refractivity contribution in [2.75, 3.05) is 5.32 Å². The second kappa shape index (κ2) is 6.31. The van der Waals surface area contributed by atoms with Gasteiger partial charge in [-0.3, -0.25) is 15.4 Å². The summed E-state index contributed by atoms with van der Waals surface area (Å²) in [5.74, 6) is 0.351. The highest BCUT2D eigenvalue weighted by atomic mass is 16.6. The van der Waals surface area contributed by atoms with E-state index in [1.807, 2.05) is 0 Å². The maximum atomic E-state index is 11.9. The van der Waals surface area contributed by atoms with Crippen LogP contribution in [0.5, 0.6) is 0 Å². The maximum Gasteiger partial charge on any atom is 0.320 e. The van der Waals surface area contributed by atoms with Gasteiger partial charge in [-0.2, -0.15) is 0 Å². The van der Waals surface area contributed by atoms with Gasteiger partial charge in [-0.25, -0.2) is 9.78 Å². The van der Waals surface area contributed by atoms with Crippen LogP contribution in [0.15, 0.2) is 12.3 Å². The van der Waals surface area contributed by atoms with E-state index in [0.717, 1.165) is 31.9 Å². The van der Waals surface area contributed by atoms with Crippen LogP contribution in [0.3, 0.4) is 0 Å². The summed E-state index contributed by atoms with van der Waals surface area (Å²) < 4.78 is 0. The molecule has 0 aliphatic heterocycles. The molecule has 0 unspecified atom stereocenters. The molecule has 0 atom stereocenters. The predicted molar refractivity (Wildman–Crippen MR) is 74.7 cm³/mol. The second-order valence-corrected chi connectivity index (χ2v) is 5.05. The Hall–Kier alpha value is -2.18. The van der Waals surface area contributed by atoms with Crippen molar-refractivity contribution >= 4 is 17.5 Å². The summed E-state index contributed by atoms with van der Waals surface area (Å²) in [6.07, 6.45) is 6.64. The zero-order valence-electron chi connectivity index (χ0n) is 11.4. The van der Waals surface area contributed by atoms with Crippen LogP contribution in [0.1, 0.15) is 37.7 Å². The molecule has 0 bridgehead atoms. The Balaban J connectivity index is 1.95. The number of hydrogen-bond acceptors (Lipinski definition) is 4. The van der Waals surface area contributed by atoms with Crippen molar-refractivity contribution in [2.45, 2.75) is 45.1 Å². The fraction of sp³-hybridized carbons (Fsp3) is 0.538. The lowest BCUT2D eigenvalue weighted by Crippen LogP contribution is -2.39. The molecule has 0 spiro atoms. The largest absolute Gasteiger partial charge is 0.335 e. The fourth-order valence-electron chi connectivity index (χ4n) is 2.37. The van der Waals surface area contributed by atoms with Crippen molar-refractivity contribution in [1.29, 1.82) is 0 Å². The second-order valence-electron chi connectivity index (χ2n) is 5.05. The number of amides is 2. The van der Waals surface area contributed by atoms with Crippen molar-refractivity contribution in [3.63, 3.8) is 0 Å². The van der Waals surface area contributed by atoms with Crippen molar-refractivity contribution in [3.8, 4) is 0 Å². The number of carbonyl (C=O) groups excluding carboxylic acids is 1. The van der Waals surface area contributed by atoms with Crippen LogP contribution >= 0.6 is 0 Å². The molecule has 1 aromatic heterocycles. The Labute approximate surface area is 116 Å². The van der Waals surface area contributed by atoms with Crippen LogP contribution in [-0.4, -0.2) is 22.0 Å². The third kappa shape index (κ3) is 3.66. The van der Waals surface area contributed by atoms with Gasteiger partial charge >= 0.3 is 6.03 Å². The number of nitrogens with zero attached hydrogens (tertiary/aromatic N) is 2. The van der Waals surface area contributed by atoms with Crippen molar-refractivity contribution < 1.29 is 9.72 Å². The zero-order valence-corrected chi connectivity index (χ0v) is 11.4. The molecule has 0 radical (unpaired) electrons. The first-order valence-electron chi connectivity index (χ1n) is 6.75. The number of pyridine rings is 1. The number of rotatable bonds is 3. The number of aryl methyl sites for hydroxylation is 1. The summed E-state index contributed by atoms with van der Waals surface area (Å²) in [5.41, 5.74) is 0.485. The molecule has 1 heterocycles. The number of hydrogen-bond donors (Lipinski definition) is 2. The molecule has 1 saturated carbocycles. The predicted octanol–water partition coefficient (Wildman–Crippen LogP) is 2.75. The highest BCUT2D eigenvalue weighted by Gasteiger charge is 2.17. The summed E-state index contributed by atoms with van der Waals surface area (Å²) in [4.78, 5) is 25.9. The monoisotopic (exact) mass is 278 g/mol. The van der Waals surface area contributed by atoms with Crippen molar-refractivity contribution in [2.24, 2.45) is 0 Å². The summed E-state index contributed by atoms with van der Waals surface area (Å²) in [6.45, 7) is 1.68. The molecule has 2 rings (SSSR count). The lowest BCUT2D eigenvalue weighted by Gasteiger charge is -2.22. The number of aromatic nitrogens is 1. The molecule has 1 aromatic rings. The number of urea groups is 1. The fourth-order valence-corrected chi connectivity index (χ4v) is 2.37. The Morgan fingerprint density at radius 1 is 1.40 bits per heavy atom. The van der Waals surface area contributed by atoms with E-state index >= 15 is 0 Å². The van der Waals surface area contributed by atoms with Crippen LogP contribution < -0.4 is 10.6 Å². The number of nitro groups is 1. The van der Waals surface area contributed by atoms with E-state index in [-0.39, 0.29) is 17.8 Å². The summed E-state index contributed by atoms with van der Waals surface area (Å²) in [6, 6.07) is 1.30. The minimum Gasteiger partial charge on any atom is -0.335 e. The van der Waals surface area contributed by atoms with E-state index in [2.05, 4.69) is 15.6 Å². The molecule has 2 amide bonds. The van der Waals surface area contributed by atoms with Gasteiger partial charge in [-0.15, -0.1) is 0 Å². The molecule has 1 aliphatic carbocycles. The van der Waals surface area contributed by atoms with Gasteiger partial charge in [-0.1, -0.05) is 19.3 Å². The molecule has 7 heteroatoms. The minimum absolute atomic E-state index is 0.0826. The van der Waals surface area contributed by atoms with Crippen LogP contribution in [0.2, 0.25) is 0 Å². The molecule has 0 aromatic carbocycles. The topological polar surface area (TPSA) is 97.2 Å². The maximum absolute atomic E-state index is 11.9. The quantitative estimate of drug-likeness (QED) is 0.656. The van der Waals surface area contributed by atoms with Gasteiger partial charge in [0.15, 0.2) is 0 Å². The van der Waals surface area contributed by atoms with Gasteiger partial charge in [-0.05, 0) is 25.3 Å². The first-order valence-corrected chi connectivity index (χ1v) is 6.75. The Kier molecular flexibility index (Phi) is 4.49. The highest BCUT2D eigenvalue weighted by molar-refractivity contribution is 5.89. The van der Waals surface area contributed by atoms with E-state index in [0.29, 0.717) is 11.4 Å². The van der Waals surface area contributed by atoms with Crippen molar-refractivity contribution in [1.82, 2.24) is 10.3 Å². The average molecular weight is 278 g/mol. The third-order valence-corrected chi connectivity index (χ3v) is 3.45. The summed E-state index contributed by atoms with van der Waals surface area (Å²) in [5, 5.41) is 16.2. The number of anilines is 1. The van der Waals surface area contributed by atoms with E-state index < -0.39 is 4.92 Å². The van der Waals surface area contributed by atoms with Crippen LogP contribution in [0.25, 0.3) is 0 Å². The summed E-state index contributed by atoms with van der Waals surface area (Å²) >= 11 is 0. The third-order valence-electron chi connectivity index (χ3n) is 3.45. The molecule has 2 N–H and O–H groups in total. The molecular weight excluding hydrogens is 260 g/mol. The lowest BCUT2D eigenvalue weighted by atomic mass is 9.96. The van der Waals surface area contributed by atoms with Crippen LogP contribution in [-0.2, 0) is 0 Å². The molecule has 1 aliphatic rings. The molecule has 1 fully saturated rings. The van der Waals surface area contributed by atoms with E-state index in [4.69, 9.17) is 0 Å². The molecule has 20 heavy (non-hydrogen) atoms. The first-order chi connectivity index (χ1) is 9.56. The minimum atomic E-state index is -0.508. The molecule has 7 nitrogen and oxygen atoms in total. The SMILES string of the molecule is Cc1cc([N+](=O)[O-])cnc1NC(=O)NC1CCCCC1. The van der Waals surface area contributed by atoms with Gasteiger partial charge in [0.25, 0.3) is 5.69 Å². The van der Waals surface area contributed by atoms with Crippen LogP contribution in [0.4, 0.5) is 16.3 Å². The smallest absolute Gasteiger partial charge is 0.320 e. The Bertz CT molecular complexity index is 512. The molecule has 0 saturated heterocycles. The Morgan fingerprint density at radius 2 is 2.10 bits per heavy atom. The van der Waals surface area contributed by atoms with Gasteiger partial charge in [0, 0.05) is 12.1 Å². The normalized spacial score (nSPS) is 15.7. The van der Waals surface area contributed by atoms with Gasteiger partial charge < -0.3 is 5.32 Å². The zero-order chi connectivity index (χ0) is 14.5. The number of nitrogens with one attached hydrogen (secondary N) is 2. The van der Waals surface area contributed by atoms with Crippen LogP contribution in [0, 0.1) is 17.0 Å². The molecule has 108 valence electrons. The van der Waals surface area contributed by atoms with Gasteiger partial charge in [0.05, 0.1) is 4.92 Å². The summed E-state index contributed by atoms with van der Waals surface area (Å²) in [7, 11) is 0. The van der Waals surface area contributed by atoms with E-state index in [9.17, 15) is 14.9 Å². The first kappa shape index (κ1) is 14.2.